The molecule has 1 aliphatic rings. The van der Waals surface area contributed by atoms with Crippen molar-refractivity contribution in [2.45, 2.75) is 17.9 Å². The van der Waals surface area contributed by atoms with Gasteiger partial charge >= 0.3 is 0 Å². The molecule has 0 aliphatic carbocycles. The number of hydrogen-bond acceptors (Lipinski definition) is 4. The minimum Gasteiger partial charge on any atom is -0.280 e. The van der Waals surface area contributed by atoms with Crippen molar-refractivity contribution in [3.63, 3.8) is 0 Å². The first kappa shape index (κ1) is 20.6. The molecule has 4 rings (SSSR count). The van der Waals surface area contributed by atoms with Crippen LogP contribution in [0.4, 0.5) is 5.69 Å². The van der Waals surface area contributed by atoms with Crippen molar-refractivity contribution < 1.29 is 16.8 Å². The van der Waals surface area contributed by atoms with Crippen LogP contribution < -0.4 is 4.72 Å². The van der Waals surface area contributed by atoms with E-state index in [0.29, 0.717) is 18.7 Å². The van der Waals surface area contributed by atoms with E-state index >= 15 is 0 Å². The van der Waals surface area contributed by atoms with Crippen LogP contribution in [0.5, 0.6) is 0 Å². The van der Waals surface area contributed by atoms with Crippen LogP contribution in [0, 0.1) is 0 Å². The van der Waals surface area contributed by atoms with Crippen LogP contribution in [0.3, 0.4) is 0 Å². The Morgan fingerprint density at radius 1 is 0.800 bits per heavy atom. The Hall–Kier alpha value is -2.68. The summed E-state index contributed by atoms with van der Waals surface area (Å²) in [4.78, 5) is 0.165. The molecule has 0 unspecified atom stereocenters. The maximum atomic E-state index is 12.8. The van der Waals surface area contributed by atoms with E-state index in [1.807, 2.05) is 36.4 Å². The molecule has 3 aromatic rings. The lowest BCUT2D eigenvalue weighted by atomic mass is 10.0. The molecule has 0 aromatic heterocycles. The number of benzene rings is 3. The smallest absolute Gasteiger partial charge is 0.261 e. The van der Waals surface area contributed by atoms with Gasteiger partial charge in [0.15, 0.2) is 0 Å². The van der Waals surface area contributed by atoms with Gasteiger partial charge in [0.05, 0.1) is 11.2 Å². The molecule has 0 bridgehead atoms. The molecule has 3 aromatic carbocycles. The summed E-state index contributed by atoms with van der Waals surface area (Å²) >= 11 is 0. The SMILES string of the molecule is CS(=O)(=O)N1CCc2ccc(NS(=O)(=O)c3ccc(-c4ccccc4)cc3)cc2C1. The summed E-state index contributed by atoms with van der Waals surface area (Å²) in [7, 11) is -7.05. The number of fused-ring (bicyclic) bond motifs is 1. The molecular formula is C22H22N2O4S2. The molecule has 1 aliphatic heterocycles. The molecule has 0 saturated carbocycles. The highest BCUT2D eigenvalue weighted by atomic mass is 32.2. The standard InChI is InChI=1S/C22H22N2O4S2/c1-29(25,26)24-14-13-19-7-10-21(15-20(19)16-24)23-30(27,28)22-11-8-18(9-12-22)17-5-3-2-4-6-17/h2-12,15,23H,13-14,16H2,1H3. The zero-order valence-corrected chi connectivity index (χ0v) is 18.1. The topological polar surface area (TPSA) is 83.6 Å². The van der Waals surface area contributed by atoms with Gasteiger partial charge in [0.1, 0.15) is 0 Å². The fourth-order valence-corrected chi connectivity index (χ4v) is 5.40. The predicted molar refractivity (Wildman–Crippen MR) is 118 cm³/mol. The molecule has 0 spiro atoms. The van der Waals surface area contributed by atoms with Crippen molar-refractivity contribution in [2.75, 3.05) is 17.5 Å². The highest BCUT2D eigenvalue weighted by molar-refractivity contribution is 7.92. The van der Waals surface area contributed by atoms with E-state index in [9.17, 15) is 16.8 Å². The molecule has 30 heavy (non-hydrogen) atoms. The van der Waals surface area contributed by atoms with Gasteiger partial charge < -0.3 is 0 Å². The number of rotatable bonds is 5. The monoisotopic (exact) mass is 442 g/mol. The second kappa shape index (κ2) is 7.86. The molecule has 1 N–H and O–H groups in total. The lowest BCUT2D eigenvalue weighted by molar-refractivity contribution is 0.395. The Labute approximate surface area is 177 Å². The van der Waals surface area contributed by atoms with Crippen molar-refractivity contribution in [3.8, 4) is 11.1 Å². The maximum absolute atomic E-state index is 12.8. The first-order valence-corrected chi connectivity index (χ1v) is 12.8. The number of anilines is 1. The zero-order valence-electron chi connectivity index (χ0n) is 16.4. The highest BCUT2D eigenvalue weighted by Crippen LogP contribution is 2.26. The lowest BCUT2D eigenvalue weighted by Crippen LogP contribution is -2.35. The Morgan fingerprint density at radius 3 is 2.13 bits per heavy atom. The fourth-order valence-electron chi connectivity index (χ4n) is 3.55. The van der Waals surface area contributed by atoms with E-state index < -0.39 is 20.0 Å². The number of sulfonamides is 2. The van der Waals surface area contributed by atoms with E-state index in [1.54, 1.807) is 36.4 Å². The molecule has 0 radical (unpaired) electrons. The molecule has 0 saturated heterocycles. The van der Waals surface area contributed by atoms with Crippen LogP contribution in [0.15, 0.2) is 77.7 Å². The van der Waals surface area contributed by atoms with E-state index in [2.05, 4.69) is 4.72 Å². The lowest BCUT2D eigenvalue weighted by Gasteiger charge is -2.27. The van der Waals surface area contributed by atoms with Gasteiger partial charge in [0, 0.05) is 18.8 Å². The van der Waals surface area contributed by atoms with Crippen LogP contribution in [-0.4, -0.2) is 33.9 Å². The second-order valence-corrected chi connectivity index (χ2v) is 11.0. The van der Waals surface area contributed by atoms with Crippen LogP contribution in [-0.2, 0) is 33.0 Å². The van der Waals surface area contributed by atoms with Crippen LogP contribution in [0.25, 0.3) is 11.1 Å². The van der Waals surface area contributed by atoms with Gasteiger partial charge in [-0.05, 0) is 52.9 Å². The number of nitrogens with one attached hydrogen (secondary N) is 1. The molecule has 156 valence electrons. The van der Waals surface area contributed by atoms with E-state index in [4.69, 9.17) is 0 Å². The normalized spacial score (nSPS) is 14.8. The summed E-state index contributed by atoms with van der Waals surface area (Å²) in [5.41, 5.74) is 4.20. The molecule has 0 amide bonds. The minimum atomic E-state index is -3.76. The zero-order chi connectivity index (χ0) is 21.4. The van der Waals surface area contributed by atoms with Crippen molar-refractivity contribution >= 4 is 25.7 Å². The van der Waals surface area contributed by atoms with E-state index in [-0.39, 0.29) is 11.4 Å². The van der Waals surface area contributed by atoms with Gasteiger partial charge in [-0.15, -0.1) is 0 Å². The van der Waals surface area contributed by atoms with Crippen molar-refractivity contribution in [3.05, 3.63) is 83.9 Å². The summed E-state index contributed by atoms with van der Waals surface area (Å²) in [6.45, 7) is 0.681. The molecule has 1 heterocycles. The summed E-state index contributed by atoms with van der Waals surface area (Å²) in [6.07, 6.45) is 1.79. The highest BCUT2D eigenvalue weighted by Gasteiger charge is 2.24. The number of nitrogens with zero attached hydrogens (tertiary/aromatic N) is 1. The van der Waals surface area contributed by atoms with Gasteiger partial charge in [-0.1, -0.05) is 48.5 Å². The van der Waals surface area contributed by atoms with Gasteiger partial charge in [0.25, 0.3) is 10.0 Å². The van der Waals surface area contributed by atoms with Crippen LogP contribution >= 0.6 is 0 Å². The van der Waals surface area contributed by atoms with Gasteiger partial charge in [-0.3, -0.25) is 4.72 Å². The molecule has 8 heteroatoms. The van der Waals surface area contributed by atoms with Gasteiger partial charge in [-0.2, -0.15) is 4.31 Å². The predicted octanol–water partition coefficient (Wildman–Crippen LogP) is 3.47. The number of hydrogen-bond donors (Lipinski definition) is 1. The third-order valence-corrected chi connectivity index (χ3v) is 7.82. The maximum Gasteiger partial charge on any atom is 0.261 e. The largest absolute Gasteiger partial charge is 0.280 e. The Balaban J connectivity index is 1.55. The third-order valence-electron chi connectivity index (χ3n) is 5.18. The Morgan fingerprint density at radius 2 is 1.47 bits per heavy atom. The van der Waals surface area contributed by atoms with Crippen LogP contribution in [0.2, 0.25) is 0 Å². The summed E-state index contributed by atoms with van der Waals surface area (Å²) < 4.78 is 53.3. The third kappa shape index (κ3) is 4.40. The van der Waals surface area contributed by atoms with Crippen molar-refractivity contribution in [1.82, 2.24) is 4.31 Å². The Kier molecular flexibility index (Phi) is 5.40. The molecular weight excluding hydrogens is 420 g/mol. The molecule has 0 atom stereocenters. The first-order valence-electron chi connectivity index (χ1n) is 9.48. The van der Waals surface area contributed by atoms with E-state index in [0.717, 1.165) is 22.3 Å². The average Bonchev–Trinajstić information content (AvgIpc) is 2.73. The summed E-state index contributed by atoms with van der Waals surface area (Å²) in [5, 5.41) is 0. The first-order chi connectivity index (χ1) is 14.2. The average molecular weight is 443 g/mol. The van der Waals surface area contributed by atoms with Crippen LogP contribution in [0.1, 0.15) is 11.1 Å². The molecule has 0 fully saturated rings. The van der Waals surface area contributed by atoms with E-state index in [1.165, 1.54) is 10.6 Å². The van der Waals surface area contributed by atoms with Crippen molar-refractivity contribution in [1.29, 1.82) is 0 Å². The quantitative estimate of drug-likeness (QED) is 0.656. The van der Waals surface area contributed by atoms with Gasteiger partial charge in [0.2, 0.25) is 10.0 Å². The fraction of sp³-hybridized carbons (Fsp3) is 0.182. The minimum absolute atomic E-state index is 0.165. The summed E-state index contributed by atoms with van der Waals surface area (Å²) in [5.74, 6) is 0. The van der Waals surface area contributed by atoms with Gasteiger partial charge in [-0.25, -0.2) is 16.8 Å². The molecule has 6 nitrogen and oxygen atoms in total. The second-order valence-electron chi connectivity index (χ2n) is 7.33. The van der Waals surface area contributed by atoms with Crippen molar-refractivity contribution in [2.24, 2.45) is 0 Å². The summed E-state index contributed by atoms with van der Waals surface area (Å²) in [6, 6.07) is 21.7. The Bertz CT molecular complexity index is 1270.